The lowest BCUT2D eigenvalue weighted by molar-refractivity contribution is 0.294. The Labute approximate surface area is 124 Å². The molecule has 0 radical (unpaired) electrons. The normalized spacial score (nSPS) is 16.6. The van der Waals surface area contributed by atoms with Gasteiger partial charge in [-0.3, -0.25) is 4.31 Å². The van der Waals surface area contributed by atoms with Crippen molar-refractivity contribution in [2.24, 2.45) is 0 Å². The van der Waals surface area contributed by atoms with Gasteiger partial charge >= 0.3 is 0 Å². The molecule has 1 saturated heterocycles. The summed E-state index contributed by atoms with van der Waals surface area (Å²) in [4.78, 5) is 5.67. The number of nitrogens with two attached hydrogens (primary N) is 1. The molecule has 0 atom stereocenters. The molecule has 0 amide bonds. The molecule has 2 N–H and O–H groups in total. The topological polar surface area (TPSA) is 68.2 Å². The van der Waals surface area contributed by atoms with Crippen LogP contribution in [0.25, 0.3) is 21.4 Å². The SMILES string of the molecule is Nc1noc2ccc(-c3cnc(C4CN(S)C4)s3)cc12. The molecule has 3 aromatic rings. The Balaban J connectivity index is 1.70. The number of nitrogen functional groups attached to an aromatic ring is 1. The number of hydrogen-bond acceptors (Lipinski definition) is 7. The molecule has 0 aliphatic carbocycles. The van der Waals surface area contributed by atoms with E-state index in [2.05, 4.69) is 23.0 Å². The van der Waals surface area contributed by atoms with Crippen LogP contribution >= 0.6 is 24.2 Å². The summed E-state index contributed by atoms with van der Waals surface area (Å²) >= 11 is 6.02. The number of thiazole rings is 1. The van der Waals surface area contributed by atoms with Crippen molar-refractivity contribution in [1.29, 1.82) is 0 Å². The number of thiol groups is 1. The van der Waals surface area contributed by atoms with Gasteiger partial charge in [0.25, 0.3) is 0 Å². The van der Waals surface area contributed by atoms with Gasteiger partial charge in [0.15, 0.2) is 11.4 Å². The Morgan fingerprint density at radius 1 is 1.40 bits per heavy atom. The molecule has 0 saturated carbocycles. The van der Waals surface area contributed by atoms with Gasteiger partial charge in [0.05, 0.1) is 15.3 Å². The van der Waals surface area contributed by atoms with E-state index < -0.39 is 0 Å². The number of fused-ring (bicyclic) bond motifs is 1. The van der Waals surface area contributed by atoms with E-state index in [-0.39, 0.29) is 0 Å². The summed E-state index contributed by atoms with van der Waals surface area (Å²) in [7, 11) is 0. The first-order chi connectivity index (χ1) is 9.70. The minimum atomic E-state index is 0.427. The van der Waals surface area contributed by atoms with E-state index >= 15 is 0 Å². The molecule has 1 aromatic carbocycles. The Morgan fingerprint density at radius 3 is 3.05 bits per heavy atom. The van der Waals surface area contributed by atoms with Crippen LogP contribution in [-0.4, -0.2) is 27.5 Å². The fraction of sp³-hybridized carbons (Fsp3) is 0.231. The Kier molecular flexibility index (Phi) is 2.73. The smallest absolute Gasteiger partial charge is 0.174 e. The highest BCUT2D eigenvalue weighted by atomic mass is 32.1. The van der Waals surface area contributed by atoms with Gasteiger partial charge in [-0.1, -0.05) is 18.0 Å². The number of rotatable bonds is 2. The highest BCUT2D eigenvalue weighted by Crippen LogP contribution is 2.36. The van der Waals surface area contributed by atoms with E-state index in [1.54, 1.807) is 11.3 Å². The van der Waals surface area contributed by atoms with Crippen LogP contribution in [0.5, 0.6) is 0 Å². The largest absolute Gasteiger partial charge is 0.380 e. The standard InChI is InChI=1S/C13H12N4OS2/c14-12-9-3-7(1-2-10(9)18-16-12)11-4-15-13(20-11)8-5-17(19)6-8/h1-4,8,19H,5-6H2,(H2,14,16). The molecule has 102 valence electrons. The first kappa shape index (κ1) is 12.2. The molecular formula is C13H12N4OS2. The molecule has 4 rings (SSSR count). The second kappa shape index (κ2) is 4.47. The van der Waals surface area contributed by atoms with Crippen LogP contribution in [-0.2, 0) is 0 Å². The molecule has 1 fully saturated rings. The summed E-state index contributed by atoms with van der Waals surface area (Å²) in [6.45, 7) is 1.93. The summed E-state index contributed by atoms with van der Waals surface area (Å²) in [6.07, 6.45) is 1.92. The summed E-state index contributed by atoms with van der Waals surface area (Å²) in [6, 6.07) is 5.91. The van der Waals surface area contributed by atoms with Crippen LogP contribution in [0.1, 0.15) is 10.9 Å². The van der Waals surface area contributed by atoms with Crippen molar-refractivity contribution in [2.45, 2.75) is 5.92 Å². The predicted octanol–water partition coefficient (Wildman–Crippen LogP) is 2.78. The van der Waals surface area contributed by atoms with Gasteiger partial charge in [-0.15, -0.1) is 11.3 Å². The van der Waals surface area contributed by atoms with Crippen molar-refractivity contribution in [1.82, 2.24) is 14.4 Å². The minimum absolute atomic E-state index is 0.427. The fourth-order valence-electron chi connectivity index (χ4n) is 2.33. The number of aromatic nitrogens is 2. The average molecular weight is 304 g/mol. The zero-order valence-electron chi connectivity index (χ0n) is 10.5. The minimum Gasteiger partial charge on any atom is -0.380 e. The quantitative estimate of drug-likeness (QED) is 0.713. The van der Waals surface area contributed by atoms with Crippen molar-refractivity contribution >= 4 is 40.9 Å². The number of nitrogens with zero attached hydrogens (tertiary/aromatic N) is 3. The van der Waals surface area contributed by atoms with Crippen LogP contribution in [0.2, 0.25) is 0 Å². The molecule has 1 aliphatic heterocycles. The molecule has 0 unspecified atom stereocenters. The van der Waals surface area contributed by atoms with Gasteiger partial charge in [0.2, 0.25) is 0 Å². The summed E-state index contributed by atoms with van der Waals surface area (Å²) < 4.78 is 7.12. The molecule has 3 heterocycles. The highest BCUT2D eigenvalue weighted by molar-refractivity contribution is 7.77. The van der Waals surface area contributed by atoms with E-state index in [9.17, 15) is 0 Å². The third-order valence-corrected chi connectivity index (χ3v) is 5.05. The number of hydrogen-bond donors (Lipinski definition) is 2. The van der Waals surface area contributed by atoms with Crippen LogP contribution in [0.3, 0.4) is 0 Å². The van der Waals surface area contributed by atoms with Gasteiger partial charge in [0, 0.05) is 25.2 Å². The molecular weight excluding hydrogens is 292 g/mol. The number of anilines is 1. The Bertz CT molecular complexity index is 776. The predicted molar refractivity (Wildman–Crippen MR) is 82.8 cm³/mol. The second-order valence-electron chi connectivity index (χ2n) is 4.91. The Morgan fingerprint density at radius 2 is 2.25 bits per heavy atom. The summed E-state index contributed by atoms with van der Waals surface area (Å²) in [5.41, 5.74) is 7.60. The van der Waals surface area contributed by atoms with E-state index in [1.807, 2.05) is 28.7 Å². The first-order valence-corrected chi connectivity index (χ1v) is 7.47. The molecule has 20 heavy (non-hydrogen) atoms. The monoisotopic (exact) mass is 304 g/mol. The van der Waals surface area contributed by atoms with Crippen LogP contribution in [0.15, 0.2) is 28.9 Å². The van der Waals surface area contributed by atoms with E-state index in [0.29, 0.717) is 17.3 Å². The molecule has 1 aliphatic rings. The van der Waals surface area contributed by atoms with E-state index in [1.165, 1.54) is 5.01 Å². The van der Waals surface area contributed by atoms with Gasteiger partial charge in [0.1, 0.15) is 0 Å². The van der Waals surface area contributed by atoms with Crippen LogP contribution in [0, 0.1) is 0 Å². The lowest BCUT2D eigenvalue weighted by Crippen LogP contribution is -2.37. The van der Waals surface area contributed by atoms with Gasteiger partial charge < -0.3 is 10.3 Å². The van der Waals surface area contributed by atoms with E-state index in [0.717, 1.165) is 28.9 Å². The second-order valence-corrected chi connectivity index (χ2v) is 6.54. The van der Waals surface area contributed by atoms with Crippen LogP contribution in [0.4, 0.5) is 5.82 Å². The van der Waals surface area contributed by atoms with Gasteiger partial charge in [-0.2, -0.15) is 0 Å². The maximum atomic E-state index is 5.79. The third kappa shape index (κ3) is 1.90. The van der Waals surface area contributed by atoms with Crippen molar-refractivity contribution < 1.29 is 4.52 Å². The lowest BCUT2D eigenvalue weighted by Gasteiger charge is -2.33. The van der Waals surface area contributed by atoms with Crippen molar-refractivity contribution in [3.63, 3.8) is 0 Å². The maximum Gasteiger partial charge on any atom is 0.174 e. The number of benzene rings is 1. The molecule has 7 heteroatoms. The third-order valence-electron chi connectivity index (χ3n) is 3.52. The average Bonchev–Trinajstić information content (AvgIpc) is 3.03. The molecule has 0 bridgehead atoms. The zero-order chi connectivity index (χ0) is 13.7. The van der Waals surface area contributed by atoms with Crippen molar-refractivity contribution in [2.75, 3.05) is 18.8 Å². The maximum absolute atomic E-state index is 5.79. The van der Waals surface area contributed by atoms with Crippen molar-refractivity contribution in [3.05, 3.63) is 29.4 Å². The Hall–Kier alpha value is -1.57. The molecule has 0 spiro atoms. The highest BCUT2D eigenvalue weighted by Gasteiger charge is 2.28. The van der Waals surface area contributed by atoms with Crippen LogP contribution < -0.4 is 5.73 Å². The van der Waals surface area contributed by atoms with Gasteiger partial charge in [-0.25, -0.2) is 4.98 Å². The first-order valence-electron chi connectivity index (χ1n) is 6.25. The summed E-state index contributed by atoms with van der Waals surface area (Å²) in [5.74, 6) is 0.937. The molecule has 5 nitrogen and oxygen atoms in total. The van der Waals surface area contributed by atoms with Crippen molar-refractivity contribution in [3.8, 4) is 10.4 Å². The summed E-state index contributed by atoms with van der Waals surface area (Å²) in [5, 5.41) is 5.79. The van der Waals surface area contributed by atoms with Gasteiger partial charge in [-0.05, 0) is 23.8 Å². The lowest BCUT2D eigenvalue weighted by atomic mass is 10.1. The van der Waals surface area contributed by atoms with E-state index in [4.69, 9.17) is 10.3 Å². The fourth-order valence-corrected chi connectivity index (χ4v) is 3.72. The zero-order valence-corrected chi connectivity index (χ0v) is 12.2. The molecule has 2 aromatic heterocycles.